The van der Waals surface area contributed by atoms with Gasteiger partial charge < -0.3 is 19.9 Å². The van der Waals surface area contributed by atoms with E-state index in [4.69, 9.17) is 4.74 Å². The van der Waals surface area contributed by atoms with Crippen LogP contribution in [0, 0.1) is 13.8 Å². The number of aryl methyl sites for hydroxylation is 2. The molecule has 2 heterocycles. The van der Waals surface area contributed by atoms with E-state index in [0.29, 0.717) is 12.1 Å². The molecule has 0 radical (unpaired) electrons. The van der Waals surface area contributed by atoms with Gasteiger partial charge in [-0.05, 0) is 43.2 Å². The molecule has 1 aromatic heterocycles. The number of fused-ring (bicyclic) bond motifs is 1. The van der Waals surface area contributed by atoms with Gasteiger partial charge in [-0.2, -0.15) is 0 Å². The quantitative estimate of drug-likeness (QED) is 0.637. The number of H-pyrrole nitrogens is 1. The highest BCUT2D eigenvalue weighted by molar-refractivity contribution is 5.99. The average Bonchev–Trinajstić information content (AvgIpc) is 3.01. The number of ether oxygens (including phenoxy) is 1. The zero-order chi connectivity index (χ0) is 19.5. The zero-order valence-corrected chi connectivity index (χ0v) is 16.6. The summed E-state index contributed by atoms with van der Waals surface area (Å²) in [6, 6.07) is 14.2. The van der Waals surface area contributed by atoms with Crippen LogP contribution < -0.4 is 10.2 Å². The van der Waals surface area contributed by atoms with Crippen LogP contribution in [0.25, 0.3) is 10.9 Å². The van der Waals surface area contributed by atoms with E-state index >= 15 is 0 Å². The number of quaternary nitrogens is 1. The van der Waals surface area contributed by atoms with E-state index in [9.17, 15) is 4.79 Å². The highest BCUT2D eigenvalue weighted by Crippen LogP contribution is 2.22. The Morgan fingerprint density at radius 3 is 2.64 bits per heavy atom. The topological polar surface area (TPSA) is 58.6 Å². The molecule has 3 N–H and O–H groups in total. The van der Waals surface area contributed by atoms with Crippen LogP contribution in [0.5, 0.6) is 0 Å². The second kappa shape index (κ2) is 8.17. The second-order valence-electron chi connectivity index (χ2n) is 7.63. The van der Waals surface area contributed by atoms with Gasteiger partial charge in [-0.3, -0.25) is 4.79 Å². The third-order valence-corrected chi connectivity index (χ3v) is 5.77. The van der Waals surface area contributed by atoms with Crippen molar-refractivity contribution < 1.29 is 14.4 Å². The predicted octanol–water partition coefficient (Wildman–Crippen LogP) is 2.13. The van der Waals surface area contributed by atoms with Crippen molar-refractivity contribution in [3.63, 3.8) is 0 Å². The van der Waals surface area contributed by atoms with Crippen LogP contribution in [-0.2, 0) is 17.8 Å². The third-order valence-electron chi connectivity index (χ3n) is 5.77. The minimum atomic E-state index is -0.0336. The van der Waals surface area contributed by atoms with Gasteiger partial charge >= 0.3 is 0 Å². The average molecular weight is 378 g/mol. The number of hydrogen-bond acceptors (Lipinski definition) is 2. The maximum atomic E-state index is 12.7. The lowest BCUT2D eigenvalue weighted by Gasteiger charge is -2.24. The molecule has 146 valence electrons. The molecule has 2 aromatic carbocycles. The van der Waals surface area contributed by atoms with Crippen molar-refractivity contribution >= 4 is 16.8 Å². The Morgan fingerprint density at radius 2 is 1.86 bits per heavy atom. The highest BCUT2D eigenvalue weighted by Gasteiger charge is 2.16. The van der Waals surface area contributed by atoms with Gasteiger partial charge in [0, 0.05) is 34.3 Å². The Kier molecular flexibility index (Phi) is 5.46. The summed E-state index contributed by atoms with van der Waals surface area (Å²) in [4.78, 5) is 17.6. The van der Waals surface area contributed by atoms with E-state index < -0.39 is 0 Å². The second-order valence-corrected chi connectivity index (χ2v) is 7.63. The van der Waals surface area contributed by atoms with Crippen molar-refractivity contribution in [1.29, 1.82) is 0 Å². The highest BCUT2D eigenvalue weighted by atomic mass is 16.5. The summed E-state index contributed by atoms with van der Waals surface area (Å²) in [5, 5.41) is 4.21. The number of aromatic nitrogens is 1. The fourth-order valence-electron chi connectivity index (χ4n) is 3.89. The maximum absolute atomic E-state index is 12.7. The van der Waals surface area contributed by atoms with Gasteiger partial charge in [0.25, 0.3) is 5.91 Å². The largest absolute Gasteiger partial charge is 0.370 e. The molecule has 0 unspecified atom stereocenters. The van der Waals surface area contributed by atoms with Crippen molar-refractivity contribution in [2.24, 2.45) is 0 Å². The van der Waals surface area contributed by atoms with Gasteiger partial charge in [0.05, 0.1) is 13.2 Å². The van der Waals surface area contributed by atoms with Crippen LogP contribution >= 0.6 is 0 Å². The number of morpholine rings is 1. The van der Waals surface area contributed by atoms with Crippen LogP contribution in [0.4, 0.5) is 0 Å². The van der Waals surface area contributed by atoms with Crippen molar-refractivity contribution in [3.8, 4) is 0 Å². The van der Waals surface area contributed by atoms with E-state index in [0.717, 1.165) is 49.4 Å². The number of nitrogens with one attached hydrogen (secondary N) is 3. The number of hydrogen-bond donors (Lipinski definition) is 3. The fourth-order valence-corrected chi connectivity index (χ4v) is 3.89. The standard InChI is InChI=1S/C23H27N3O2/c1-16-17(2)25-22-8-7-18(13-21(16)22)23(27)24-14-19-5-3-4-6-20(19)15-26-9-11-28-12-10-26/h3-8,13,25H,9-12,14-15H2,1-2H3,(H,24,27)/p+1. The Labute approximate surface area is 165 Å². The third kappa shape index (κ3) is 3.96. The molecule has 1 amide bonds. The summed E-state index contributed by atoms with van der Waals surface area (Å²) in [6.07, 6.45) is 0. The molecule has 1 aliphatic rings. The first kappa shape index (κ1) is 18.7. The van der Waals surface area contributed by atoms with Gasteiger partial charge in [0.2, 0.25) is 0 Å². The monoisotopic (exact) mass is 378 g/mol. The first-order valence-corrected chi connectivity index (χ1v) is 9.97. The summed E-state index contributed by atoms with van der Waals surface area (Å²) in [6.45, 7) is 9.39. The first-order valence-electron chi connectivity index (χ1n) is 9.97. The van der Waals surface area contributed by atoms with Crippen molar-refractivity contribution in [1.82, 2.24) is 10.3 Å². The van der Waals surface area contributed by atoms with E-state index in [1.54, 1.807) is 0 Å². The molecule has 4 rings (SSSR count). The lowest BCUT2D eigenvalue weighted by Crippen LogP contribution is -3.12. The minimum Gasteiger partial charge on any atom is -0.370 e. The van der Waals surface area contributed by atoms with E-state index in [-0.39, 0.29) is 5.91 Å². The summed E-state index contributed by atoms with van der Waals surface area (Å²) < 4.78 is 5.46. The molecule has 1 aliphatic heterocycles. The van der Waals surface area contributed by atoms with Gasteiger partial charge in [0.15, 0.2) is 0 Å². The maximum Gasteiger partial charge on any atom is 0.251 e. The molecule has 3 aromatic rings. The molecule has 0 spiro atoms. The van der Waals surface area contributed by atoms with Crippen LogP contribution in [0.3, 0.4) is 0 Å². The van der Waals surface area contributed by atoms with E-state index in [1.165, 1.54) is 21.6 Å². The molecule has 28 heavy (non-hydrogen) atoms. The molecule has 1 fully saturated rings. The van der Waals surface area contributed by atoms with Crippen LogP contribution in [0.1, 0.15) is 32.7 Å². The molecular weight excluding hydrogens is 350 g/mol. The van der Waals surface area contributed by atoms with Gasteiger partial charge in [-0.15, -0.1) is 0 Å². The molecule has 5 nitrogen and oxygen atoms in total. The van der Waals surface area contributed by atoms with E-state index in [1.807, 2.05) is 24.3 Å². The SMILES string of the molecule is Cc1[nH]c2ccc(C(=O)NCc3ccccc3C[NH+]3CCOCC3)cc2c1C. The summed E-state index contributed by atoms with van der Waals surface area (Å²) in [5.41, 5.74) is 6.60. The summed E-state index contributed by atoms with van der Waals surface area (Å²) >= 11 is 0. The Bertz CT molecular complexity index is 987. The molecule has 0 saturated carbocycles. The van der Waals surface area contributed by atoms with Crippen LogP contribution in [0.2, 0.25) is 0 Å². The number of carbonyl (C=O) groups is 1. The zero-order valence-electron chi connectivity index (χ0n) is 16.6. The molecule has 0 aliphatic carbocycles. The van der Waals surface area contributed by atoms with E-state index in [2.05, 4.69) is 42.3 Å². The van der Waals surface area contributed by atoms with Gasteiger partial charge in [-0.1, -0.05) is 24.3 Å². The number of carbonyl (C=O) groups excluding carboxylic acids is 1. The number of amides is 1. The Hall–Kier alpha value is -2.63. The Morgan fingerprint density at radius 1 is 1.11 bits per heavy atom. The minimum absolute atomic E-state index is 0.0336. The number of aromatic amines is 1. The molecule has 0 bridgehead atoms. The van der Waals surface area contributed by atoms with Crippen molar-refractivity contribution in [2.45, 2.75) is 26.9 Å². The van der Waals surface area contributed by atoms with Crippen LogP contribution in [0.15, 0.2) is 42.5 Å². The summed E-state index contributed by atoms with van der Waals surface area (Å²) in [5.74, 6) is -0.0336. The fraction of sp³-hybridized carbons (Fsp3) is 0.348. The molecule has 0 atom stereocenters. The van der Waals surface area contributed by atoms with Crippen molar-refractivity contribution in [2.75, 3.05) is 26.3 Å². The van der Waals surface area contributed by atoms with Gasteiger partial charge in [0.1, 0.15) is 19.6 Å². The molecular formula is C23H28N3O2+. The number of rotatable bonds is 5. The summed E-state index contributed by atoms with van der Waals surface area (Å²) in [7, 11) is 0. The Balaban J connectivity index is 1.45. The first-order chi connectivity index (χ1) is 13.6. The lowest BCUT2D eigenvalue weighted by atomic mass is 10.1. The predicted molar refractivity (Wildman–Crippen MR) is 111 cm³/mol. The number of benzene rings is 2. The smallest absolute Gasteiger partial charge is 0.251 e. The van der Waals surface area contributed by atoms with Gasteiger partial charge in [-0.25, -0.2) is 0 Å². The van der Waals surface area contributed by atoms with Crippen molar-refractivity contribution in [3.05, 3.63) is 70.4 Å². The molecule has 5 heteroatoms. The normalized spacial score (nSPS) is 15.1. The molecule has 1 saturated heterocycles. The van der Waals surface area contributed by atoms with Crippen LogP contribution in [-0.4, -0.2) is 37.2 Å². The lowest BCUT2D eigenvalue weighted by molar-refractivity contribution is -0.921.